The molecule has 1 aromatic carbocycles. The minimum Gasteiger partial charge on any atom is -0.337 e. The molecule has 2 amide bonds. The van der Waals surface area contributed by atoms with Gasteiger partial charge in [0.15, 0.2) is 0 Å². The van der Waals surface area contributed by atoms with Gasteiger partial charge in [0, 0.05) is 37.5 Å². The van der Waals surface area contributed by atoms with Gasteiger partial charge in [-0.15, -0.1) is 0 Å². The lowest BCUT2D eigenvalue weighted by atomic mass is 9.92. The number of anilines is 1. The van der Waals surface area contributed by atoms with E-state index in [9.17, 15) is 13.6 Å². The maximum atomic E-state index is 13.5. The molecule has 2 N–H and O–H groups in total. The van der Waals surface area contributed by atoms with Gasteiger partial charge in [-0.1, -0.05) is 13.8 Å². The minimum atomic E-state index is -0.686. The molecule has 0 radical (unpaired) electrons. The van der Waals surface area contributed by atoms with Gasteiger partial charge in [0.25, 0.3) is 0 Å². The highest BCUT2D eigenvalue weighted by Gasteiger charge is 2.20. The second-order valence-electron chi connectivity index (χ2n) is 5.69. The number of halogens is 2. The van der Waals surface area contributed by atoms with Gasteiger partial charge >= 0.3 is 6.03 Å². The molecular formula is C16H20F2N4O. The van der Waals surface area contributed by atoms with Crippen LogP contribution in [0.4, 0.5) is 19.3 Å². The Hall–Kier alpha value is -2.44. The summed E-state index contributed by atoms with van der Waals surface area (Å²) in [6.07, 6.45) is 1.70. The molecule has 0 fully saturated rings. The first kappa shape index (κ1) is 16.9. The zero-order valence-corrected chi connectivity index (χ0v) is 13.3. The van der Waals surface area contributed by atoms with Crippen molar-refractivity contribution in [3.63, 3.8) is 0 Å². The molecule has 0 bridgehead atoms. The van der Waals surface area contributed by atoms with Crippen molar-refractivity contribution in [1.29, 1.82) is 0 Å². The molecule has 2 rings (SSSR count). The highest BCUT2D eigenvalue weighted by molar-refractivity contribution is 5.89. The smallest absolute Gasteiger partial charge is 0.319 e. The third-order valence-electron chi connectivity index (χ3n) is 3.70. The second-order valence-corrected chi connectivity index (χ2v) is 5.69. The number of nitrogens with zero attached hydrogens (tertiary/aromatic N) is 2. The van der Waals surface area contributed by atoms with Crippen LogP contribution in [-0.2, 0) is 7.05 Å². The zero-order chi connectivity index (χ0) is 17.0. The maximum Gasteiger partial charge on any atom is 0.319 e. The molecule has 0 saturated carbocycles. The third kappa shape index (κ3) is 4.28. The molecule has 23 heavy (non-hydrogen) atoms. The Labute approximate surface area is 133 Å². The third-order valence-corrected chi connectivity index (χ3v) is 3.70. The van der Waals surface area contributed by atoms with Crippen LogP contribution in [0.1, 0.15) is 25.5 Å². The van der Waals surface area contributed by atoms with Gasteiger partial charge in [-0.3, -0.25) is 4.68 Å². The van der Waals surface area contributed by atoms with E-state index in [1.54, 1.807) is 10.9 Å². The molecule has 1 unspecified atom stereocenters. The lowest BCUT2D eigenvalue weighted by Crippen LogP contribution is -2.34. The number of hydrogen-bond acceptors (Lipinski definition) is 2. The average Bonchev–Trinajstić information content (AvgIpc) is 2.89. The number of carbonyl (C=O) groups excluding carboxylic acids is 1. The first-order valence-corrected chi connectivity index (χ1v) is 7.36. The van der Waals surface area contributed by atoms with Crippen molar-refractivity contribution in [3.05, 3.63) is 47.8 Å². The molecule has 0 aliphatic carbocycles. The summed E-state index contributed by atoms with van der Waals surface area (Å²) in [5.41, 5.74) is 0.807. The Balaban J connectivity index is 1.99. The SMILES string of the molecule is CC(C)C(CNC(=O)Nc1cc(F)ccc1F)c1ccnn1C. The Morgan fingerprint density at radius 1 is 1.30 bits per heavy atom. The van der Waals surface area contributed by atoms with Gasteiger partial charge in [-0.2, -0.15) is 5.10 Å². The summed E-state index contributed by atoms with van der Waals surface area (Å²) in [6.45, 7) is 4.45. The standard InChI is InChI=1S/C16H20F2N4O/c1-10(2)12(15-6-7-20-22(15)3)9-19-16(23)21-14-8-11(17)4-5-13(14)18/h4-8,10,12H,9H2,1-3H3,(H2,19,21,23). The fourth-order valence-corrected chi connectivity index (χ4v) is 2.39. The van der Waals surface area contributed by atoms with Gasteiger partial charge in [0.1, 0.15) is 11.6 Å². The Morgan fingerprint density at radius 3 is 2.65 bits per heavy atom. The highest BCUT2D eigenvalue weighted by atomic mass is 19.1. The summed E-state index contributed by atoms with van der Waals surface area (Å²) in [7, 11) is 1.84. The molecule has 5 nitrogen and oxygen atoms in total. The van der Waals surface area contributed by atoms with Crippen LogP contribution in [0.5, 0.6) is 0 Å². The van der Waals surface area contributed by atoms with Gasteiger partial charge in [0.2, 0.25) is 0 Å². The summed E-state index contributed by atoms with van der Waals surface area (Å²) < 4.78 is 28.4. The van der Waals surface area contributed by atoms with Crippen molar-refractivity contribution >= 4 is 11.7 Å². The van der Waals surface area contributed by atoms with Crippen molar-refractivity contribution in [1.82, 2.24) is 15.1 Å². The van der Waals surface area contributed by atoms with Crippen molar-refractivity contribution in [2.75, 3.05) is 11.9 Å². The highest BCUT2D eigenvalue weighted by Crippen LogP contribution is 2.23. The van der Waals surface area contributed by atoms with Crippen LogP contribution in [0.2, 0.25) is 0 Å². The molecule has 2 aromatic rings. The number of amides is 2. The molecule has 0 saturated heterocycles. The van der Waals surface area contributed by atoms with Crippen LogP contribution in [0.25, 0.3) is 0 Å². The molecule has 0 aliphatic heterocycles. The number of nitrogens with one attached hydrogen (secondary N) is 2. The van der Waals surface area contributed by atoms with Gasteiger partial charge in [-0.25, -0.2) is 13.6 Å². The lowest BCUT2D eigenvalue weighted by molar-refractivity contribution is 0.250. The average molecular weight is 322 g/mol. The Bertz CT molecular complexity index is 684. The van der Waals surface area contributed by atoms with Crippen LogP contribution < -0.4 is 10.6 Å². The summed E-state index contributed by atoms with van der Waals surface area (Å²) in [4.78, 5) is 11.9. The number of hydrogen-bond donors (Lipinski definition) is 2. The first-order valence-electron chi connectivity index (χ1n) is 7.36. The van der Waals surface area contributed by atoms with Crippen molar-refractivity contribution in [3.8, 4) is 0 Å². The fraction of sp³-hybridized carbons (Fsp3) is 0.375. The van der Waals surface area contributed by atoms with Crippen LogP contribution in [0.3, 0.4) is 0 Å². The van der Waals surface area contributed by atoms with Crippen LogP contribution >= 0.6 is 0 Å². The molecule has 124 valence electrons. The van der Waals surface area contributed by atoms with E-state index >= 15 is 0 Å². The Morgan fingerprint density at radius 2 is 2.04 bits per heavy atom. The van der Waals surface area contributed by atoms with Gasteiger partial charge in [0.05, 0.1) is 5.69 Å². The first-order chi connectivity index (χ1) is 10.9. The van der Waals surface area contributed by atoms with E-state index in [0.717, 1.165) is 23.9 Å². The monoisotopic (exact) mass is 322 g/mol. The summed E-state index contributed by atoms with van der Waals surface area (Å²) in [6, 6.07) is 4.22. The number of benzene rings is 1. The molecular weight excluding hydrogens is 302 g/mol. The number of aromatic nitrogens is 2. The van der Waals surface area contributed by atoms with E-state index in [4.69, 9.17) is 0 Å². The molecule has 1 heterocycles. The number of carbonyl (C=O) groups is 1. The predicted molar refractivity (Wildman–Crippen MR) is 84.2 cm³/mol. The minimum absolute atomic E-state index is 0.0607. The summed E-state index contributed by atoms with van der Waals surface area (Å²) >= 11 is 0. The predicted octanol–water partition coefficient (Wildman–Crippen LogP) is 3.26. The fourth-order valence-electron chi connectivity index (χ4n) is 2.39. The van der Waals surface area contributed by atoms with Crippen molar-refractivity contribution < 1.29 is 13.6 Å². The Kier molecular flexibility index (Phi) is 5.31. The van der Waals surface area contributed by atoms with Crippen LogP contribution in [0, 0.1) is 17.6 Å². The van der Waals surface area contributed by atoms with E-state index in [1.165, 1.54) is 0 Å². The van der Waals surface area contributed by atoms with Gasteiger partial charge in [-0.05, 0) is 24.1 Å². The van der Waals surface area contributed by atoms with Gasteiger partial charge < -0.3 is 10.6 Å². The van der Waals surface area contributed by atoms with Crippen molar-refractivity contribution in [2.24, 2.45) is 13.0 Å². The van der Waals surface area contributed by atoms with E-state index in [0.29, 0.717) is 6.54 Å². The molecule has 1 aromatic heterocycles. The normalized spacial score (nSPS) is 12.3. The lowest BCUT2D eigenvalue weighted by Gasteiger charge is -2.21. The summed E-state index contributed by atoms with van der Waals surface area (Å²) in [5, 5.41) is 9.15. The van der Waals surface area contributed by atoms with E-state index < -0.39 is 17.7 Å². The number of urea groups is 1. The second kappa shape index (κ2) is 7.21. The topological polar surface area (TPSA) is 59.0 Å². The van der Waals surface area contributed by atoms with Crippen LogP contribution in [-0.4, -0.2) is 22.4 Å². The quantitative estimate of drug-likeness (QED) is 0.887. The molecule has 0 spiro atoms. The maximum absolute atomic E-state index is 13.5. The van der Waals surface area contributed by atoms with E-state index in [2.05, 4.69) is 15.7 Å². The van der Waals surface area contributed by atoms with Crippen molar-refractivity contribution in [2.45, 2.75) is 19.8 Å². The number of rotatable bonds is 5. The number of aryl methyl sites for hydroxylation is 1. The van der Waals surface area contributed by atoms with E-state index in [1.807, 2.05) is 27.0 Å². The van der Waals surface area contributed by atoms with E-state index in [-0.39, 0.29) is 17.5 Å². The zero-order valence-electron chi connectivity index (χ0n) is 13.3. The molecule has 1 atom stereocenters. The summed E-state index contributed by atoms with van der Waals surface area (Å²) in [5.74, 6) is -0.965. The molecule has 0 aliphatic rings. The van der Waals surface area contributed by atoms with Crippen LogP contribution in [0.15, 0.2) is 30.5 Å². The molecule has 7 heteroatoms. The largest absolute Gasteiger partial charge is 0.337 e.